The van der Waals surface area contributed by atoms with Gasteiger partial charge >= 0.3 is 6.09 Å². The summed E-state index contributed by atoms with van der Waals surface area (Å²) in [4.78, 5) is 11.8. The van der Waals surface area contributed by atoms with Crippen molar-refractivity contribution in [3.8, 4) is 0 Å². The predicted octanol–water partition coefficient (Wildman–Crippen LogP) is 4.96. The van der Waals surface area contributed by atoms with E-state index < -0.39 is 11.7 Å². The van der Waals surface area contributed by atoms with Crippen LogP contribution in [-0.2, 0) is 4.74 Å². The number of aliphatic hydroxyl groups is 1. The summed E-state index contributed by atoms with van der Waals surface area (Å²) < 4.78 is 5.25. The predicted molar refractivity (Wildman–Crippen MR) is 96.6 cm³/mol. The standard InChI is InChI=1S/C19H37NO3/c1-5-6-7-8-9-10-11-12-13-14-17(15-16-21)20-18(22)23-19(2,3)4/h12-13,17,21H,5-11,14-16H2,1-4H3,(H,20,22)/b13-12-/t17-/m1/s1. The molecule has 136 valence electrons. The molecule has 0 aliphatic carbocycles. The fourth-order valence-electron chi connectivity index (χ4n) is 2.30. The normalized spacial score (nSPS) is 13.3. The Labute approximate surface area is 142 Å². The maximum Gasteiger partial charge on any atom is 0.407 e. The molecule has 1 amide bonds. The molecule has 0 unspecified atom stereocenters. The number of unbranched alkanes of at least 4 members (excludes halogenated alkanes) is 6. The van der Waals surface area contributed by atoms with Crippen molar-refractivity contribution in [3.05, 3.63) is 12.2 Å². The molecule has 0 fully saturated rings. The van der Waals surface area contributed by atoms with E-state index in [1.54, 1.807) is 0 Å². The Morgan fingerprint density at radius 2 is 1.78 bits per heavy atom. The van der Waals surface area contributed by atoms with Gasteiger partial charge in [-0.2, -0.15) is 0 Å². The zero-order valence-electron chi connectivity index (χ0n) is 15.6. The largest absolute Gasteiger partial charge is 0.444 e. The molecular formula is C19H37NO3. The van der Waals surface area contributed by atoms with Gasteiger partial charge in [-0.15, -0.1) is 0 Å². The fourth-order valence-corrected chi connectivity index (χ4v) is 2.30. The average Bonchev–Trinajstić information content (AvgIpc) is 2.43. The van der Waals surface area contributed by atoms with E-state index in [2.05, 4.69) is 24.4 Å². The second-order valence-corrected chi connectivity index (χ2v) is 7.12. The number of hydrogen-bond acceptors (Lipinski definition) is 3. The Bertz CT molecular complexity index is 321. The Balaban J connectivity index is 3.90. The first-order valence-corrected chi connectivity index (χ1v) is 9.14. The number of rotatable bonds is 12. The van der Waals surface area contributed by atoms with Crippen LogP contribution in [0.25, 0.3) is 0 Å². The van der Waals surface area contributed by atoms with Crippen LogP contribution in [0.15, 0.2) is 12.2 Å². The van der Waals surface area contributed by atoms with Crippen LogP contribution in [0.3, 0.4) is 0 Å². The minimum absolute atomic E-state index is 0.0612. The van der Waals surface area contributed by atoms with Crippen LogP contribution in [0.2, 0.25) is 0 Å². The molecule has 23 heavy (non-hydrogen) atoms. The van der Waals surface area contributed by atoms with E-state index in [9.17, 15) is 4.79 Å². The molecule has 0 aromatic rings. The molecule has 0 aliphatic rings. The van der Waals surface area contributed by atoms with Gasteiger partial charge in [-0.1, -0.05) is 51.2 Å². The number of carbonyl (C=O) groups excluding carboxylic acids is 1. The Hall–Kier alpha value is -1.03. The first kappa shape index (κ1) is 22.0. The Morgan fingerprint density at radius 1 is 1.13 bits per heavy atom. The lowest BCUT2D eigenvalue weighted by molar-refractivity contribution is 0.0498. The van der Waals surface area contributed by atoms with Crippen molar-refractivity contribution in [3.63, 3.8) is 0 Å². The van der Waals surface area contributed by atoms with Gasteiger partial charge in [-0.3, -0.25) is 0 Å². The summed E-state index contributed by atoms with van der Waals surface area (Å²) in [6, 6.07) is -0.0735. The molecule has 0 spiro atoms. The van der Waals surface area contributed by atoms with E-state index in [-0.39, 0.29) is 12.6 Å². The van der Waals surface area contributed by atoms with E-state index in [0.29, 0.717) is 6.42 Å². The van der Waals surface area contributed by atoms with Gasteiger partial charge in [0.15, 0.2) is 0 Å². The van der Waals surface area contributed by atoms with Crippen LogP contribution in [0, 0.1) is 0 Å². The lowest BCUT2D eigenvalue weighted by Crippen LogP contribution is -2.39. The quantitative estimate of drug-likeness (QED) is 0.393. The van der Waals surface area contributed by atoms with Crippen LogP contribution in [0.4, 0.5) is 4.79 Å². The summed E-state index contributed by atoms with van der Waals surface area (Å²) in [6.45, 7) is 7.82. The summed E-state index contributed by atoms with van der Waals surface area (Å²) in [5.41, 5.74) is -0.499. The summed E-state index contributed by atoms with van der Waals surface area (Å²) in [6.07, 6.45) is 14.1. The topological polar surface area (TPSA) is 58.6 Å². The number of ether oxygens (including phenoxy) is 1. The Morgan fingerprint density at radius 3 is 2.39 bits per heavy atom. The summed E-state index contributed by atoms with van der Waals surface area (Å²) in [5, 5.41) is 11.9. The van der Waals surface area contributed by atoms with Crippen LogP contribution >= 0.6 is 0 Å². The molecule has 0 rings (SSSR count). The van der Waals surface area contributed by atoms with Crippen LogP contribution in [0.5, 0.6) is 0 Å². The second kappa shape index (κ2) is 13.4. The SMILES string of the molecule is CCCCCCCC/C=C\C[C@H](CCO)NC(=O)OC(C)(C)C. The molecule has 4 nitrogen and oxygen atoms in total. The zero-order chi connectivity index (χ0) is 17.6. The maximum absolute atomic E-state index is 11.8. The highest BCUT2D eigenvalue weighted by Crippen LogP contribution is 2.10. The van der Waals surface area contributed by atoms with Crippen molar-refractivity contribution in [2.24, 2.45) is 0 Å². The number of aliphatic hydroxyl groups excluding tert-OH is 1. The molecule has 0 aliphatic heterocycles. The van der Waals surface area contributed by atoms with Crippen LogP contribution in [0.1, 0.15) is 85.5 Å². The summed E-state index contributed by atoms with van der Waals surface area (Å²) >= 11 is 0. The molecule has 1 atom stereocenters. The molecule has 0 aromatic carbocycles. The highest BCUT2D eigenvalue weighted by molar-refractivity contribution is 5.68. The van der Waals surface area contributed by atoms with Gasteiger partial charge in [0.25, 0.3) is 0 Å². The molecule has 0 saturated carbocycles. The summed E-state index contributed by atoms with van der Waals surface area (Å²) in [5.74, 6) is 0. The molecule has 0 radical (unpaired) electrons. The van der Waals surface area contributed by atoms with Crippen molar-refractivity contribution in [2.75, 3.05) is 6.61 Å². The minimum atomic E-state index is -0.499. The lowest BCUT2D eigenvalue weighted by Gasteiger charge is -2.22. The number of amides is 1. The average molecular weight is 328 g/mol. The first-order chi connectivity index (χ1) is 10.9. The van der Waals surface area contributed by atoms with Gasteiger partial charge in [0.2, 0.25) is 0 Å². The third kappa shape index (κ3) is 15.6. The Kier molecular flexibility index (Phi) is 12.8. The minimum Gasteiger partial charge on any atom is -0.444 e. The number of nitrogens with one attached hydrogen (secondary N) is 1. The van der Waals surface area contributed by atoms with Gasteiger partial charge in [0.1, 0.15) is 5.60 Å². The molecule has 2 N–H and O–H groups in total. The van der Waals surface area contributed by atoms with E-state index in [4.69, 9.17) is 9.84 Å². The van der Waals surface area contributed by atoms with Crippen molar-refractivity contribution < 1.29 is 14.6 Å². The van der Waals surface area contributed by atoms with Crippen molar-refractivity contribution in [1.82, 2.24) is 5.32 Å². The van der Waals surface area contributed by atoms with E-state index >= 15 is 0 Å². The monoisotopic (exact) mass is 327 g/mol. The highest BCUT2D eigenvalue weighted by Gasteiger charge is 2.18. The smallest absolute Gasteiger partial charge is 0.407 e. The number of allylic oxidation sites excluding steroid dienone is 1. The molecule has 0 heterocycles. The number of alkyl carbamates (subject to hydrolysis) is 1. The van der Waals surface area contributed by atoms with E-state index in [1.165, 1.54) is 38.5 Å². The van der Waals surface area contributed by atoms with Gasteiger partial charge in [-0.05, 0) is 46.5 Å². The van der Waals surface area contributed by atoms with Gasteiger partial charge < -0.3 is 15.2 Å². The molecule has 0 saturated heterocycles. The van der Waals surface area contributed by atoms with E-state index in [1.807, 2.05) is 20.8 Å². The van der Waals surface area contributed by atoms with E-state index in [0.717, 1.165) is 12.8 Å². The third-order valence-electron chi connectivity index (χ3n) is 3.51. The van der Waals surface area contributed by atoms with Crippen LogP contribution < -0.4 is 5.32 Å². The summed E-state index contributed by atoms with van der Waals surface area (Å²) in [7, 11) is 0. The molecule has 4 heteroatoms. The van der Waals surface area contributed by atoms with Gasteiger partial charge in [0.05, 0.1) is 0 Å². The fraction of sp³-hybridized carbons (Fsp3) is 0.842. The maximum atomic E-state index is 11.8. The van der Waals surface area contributed by atoms with Crippen molar-refractivity contribution in [2.45, 2.75) is 97.1 Å². The van der Waals surface area contributed by atoms with Crippen molar-refractivity contribution >= 4 is 6.09 Å². The third-order valence-corrected chi connectivity index (χ3v) is 3.51. The van der Waals surface area contributed by atoms with Crippen molar-refractivity contribution in [1.29, 1.82) is 0 Å². The van der Waals surface area contributed by atoms with Gasteiger partial charge in [-0.25, -0.2) is 4.79 Å². The number of hydrogen-bond donors (Lipinski definition) is 2. The zero-order valence-corrected chi connectivity index (χ0v) is 15.6. The second-order valence-electron chi connectivity index (χ2n) is 7.12. The highest BCUT2D eigenvalue weighted by atomic mass is 16.6. The van der Waals surface area contributed by atoms with Crippen LogP contribution in [-0.4, -0.2) is 29.4 Å². The lowest BCUT2D eigenvalue weighted by atomic mass is 10.1. The number of carbonyl (C=O) groups is 1. The molecule has 0 bridgehead atoms. The first-order valence-electron chi connectivity index (χ1n) is 9.14. The molecular weight excluding hydrogens is 290 g/mol. The molecule has 0 aromatic heterocycles. The van der Waals surface area contributed by atoms with Gasteiger partial charge in [0, 0.05) is 12.6 Å².